The first-order valence-electron chi connectivity index (χ1n) is 5.75. The summed E-state index contributed by atoms with van der Waals surface area (Å²) in [4.78, 5) is 0. The molecule has 0 saturated heterocycles. The molecule has 0 aliphatic carbocycles. The van der Waals surface area contributed by atoms with E-state index in [0.29, 0.717) is 23.5 Å². The molecule has 2 N–H and O–H groups in total. The van der Waals surface area contributed by atoms with Gasteiger partial charge in [0.1, 0.15) is 5.69 Å². The summed E-state index contributed by atoms with van der Waals surface area (Å²) in [7, 11) is 0. The van der Waals surface area contributed by atoms with Gasteiger partial charge in [0.2, 0.25) is 0 Å². The van der Waals surface area contributed by atoms with Gasteiger partial charge in [0.05, 0.1) is 12.2 Å². The zero-order valence-electron chi connectivity index (χ0n) is 10.5. The van der Waals surface area contributed by atoms with Crippen LogP contribution in [0.3, 0.4) is 0 Å². The van der Waals surface area contributed by atoms with Crippen LogP contribution in [-0.2, 0) is 13.1 Å². The minimum absolute atomic E-state index is 0.171. The molecule has 19 heavy (non-hydrogen) atoms. The van der Waals surface area contributed by atoms with Crippen LogP contribution in [0.1, 0.15) is 12.6 Å². The lowest BCUT2D eigenvalue weighted by molar-refractivity contribution is 0.509. The number of nitrogens with two attached hydrogens (primary N) is 1. The molecule has 6 heteroatoms. The number of hydrogen-bond acceptors (Lipinski definition) is 3. The Labute approximate surface area is 109 Å². The molecule has 2 aromatic rings. The Kier molecular flexibility index (Phi) is 3.71. The molecule has 100 valence electrons. The van der Waals surface area contributed by atoms with Crippen LogP contribution in [0.15, 0.2) is 30.4 Å². The number of rotatable bonds is 4. The second-order valence-electron chi connectivity index (χ2n) is 4.33. The van der Waals surface area contributed by atoms with Crippen LogP contribution in [-0.4, -0.2) is 15.0 Å². The predicted molar refractivity (Wildman–Crippen MR) is 68.1 cm³/mol. The molecule has 0 unspecified atom stereocenters. The SMILES string of the molecule is C=C(C)Cn1nnc(CN)c1-c1ccc(F)c(F)c1. The van der Waals surface area contributed by atoms with E-state index < -0.39 is 11.6 Å². The third kappa shape index (κ3) is 2.68. The normalized spacial score (nSPS) is 10.7. The molecular weight excluding hydrogens is 250 g/mol. The van der Waals surface area contributed by atoms with Crippen LogP contribution >= 0.6 is 0 Å². The van der Waals surface area contributed by atoms with Gasteiger partial charge in [-0.15, -0.1) is 5.10 Å². The van der Waals surface area contributed by atoms with E-state index in [1.807, 2.05) is 6.92 Å². The maximum Gasteiger partial charge on any atom is 0.159 e. The Balaban J connectivity index is 2.54. The molecule has 0 spiro atoms. The molecule has 0 fully saturated rings. The van der Waals surface area contributed by atoms with Crippen LogP contribution in [0.5, 0.6) is 0 Å². The second kappa shape index (κ2) is 5.27. The summed E-state index contributed by atoms with van der Waals surface area (Å²) >= 11 is 0. The van der Waals surface area contributed by atoms with E-state index in [1.165, 1.54) is 6.07 Å². The zero-order valence-corrected chi connectivity index (χ0v) is 10.5. The zero-order chi connectivity index (χ0) is 14.0. The van der Waals surface area contributed by atoms with E-state index in [2.05, 4.69) is 16.9 Å². The summed E-state index contributed by atoms with van der Waals surface area (Å²) in [6, 6.07) is 3.66. The van der Waals surface area contributed by atoms with Crippen LogP contribution < -0.4 is 5.73 Å². The number of allylic oxidation sites excluding steroid dienone is 1. The van der Waals surface area contributed by atoms with Crippen LogP contribution in [0.2, 0.25) is 0 Å². The lowest BCUT2D eigenvalue weighted by Gasteiger charge is -2.08. The lowest BCUT2D eigenvalue weighted by Crippen LogP contribution is -2.05. The summed E-state index contributed by atoms with van der Waals surface area (Å²) in [5.74, 6) is -1.81. The monoisotopic (exact) mass is 264 g/mol. The van der Waals surface area contributed by atoms with Gasteiger partial charge in [-0.3, -0.25) is 0 Å². The molecule has 0 atom stereocenters. The van der Waals surface area contributed by atoms with Crippen molar-refractivity contribution < 1.29 is 8.78 Å². The van der Waals surface area contributed by atoms with E-state index in [1.54, 1.807) is 4.68 Å². The van der Waals surface area contributed by atoms with Gasteiger partial charge in [0.15, 0.2) is 11.6 Å². The minimum Gasteiger partial charge on any atom is -0.325 e. The Bertz CT molecular complexity index is 619. The highest BCUT2D eigenvalue weighted by molar-refractivity contribution is 5.62. The molecule has 0 saturated carbocycles. The van der Waals surface area contributed by atoms with Crippen molar-refractivity contribution in [3.63, 3.8) is 0 Å². The van der Waals surface area contributed by atoms with Crippen LogP contribution in [0.4, 0.5) is 8.78 Å². The van der Waals surface area contributed by atoms with Crippen molar-refractivity contribution in [3.8, 4) is 11.3 Å². The highest BCUT2D eigenvalue weighted by atomic mass is 19.2. The Morgan fingerprint density at radius 3 is 2.68 bits per heavy atom. The average Bonchev–Trinajstić information content (AvgIpc) is 2.74. The van der Waals surface area contributed by atoms with Crippen molar-refractivity contribution in [1.82, 2.24) is 15.0 Å². The number of nitrogens with zero attached hydrogens (tertiary/aromatic N) is 3. The predicted octanol–water partition coefficient (Wildman–Crippen LogP) is 2.26. The van der Waals surface area contributed by atoms with Crippen LogP contribution in [0, 0.1) is 11.6 Å². The first-order valence-corrected chi connectivity index (χ1v) is 5.75. The molecule has 0 aliphatic heterocycles. The van der Waals surface area contributed by atoms with Gasteiger partial charge in [-0.05, 0) is 25.1 Å². The largest absolute Gasteiger partial charge is 0.325 e. The molecule has 2 rings (SSSR count). The van der Waals surface area contributed by atoms with Gasteiger partial charge in [-0.25, -0.2) is 13.5 Å². The third-order valence-electron chi connectivity index (χ3n) is 2.61. The smallest absolute Gasteiger partial charge is 0.159 e. The summed E-state index contributed by atoms with van der Waals surface area (Å²) in [5.41, 5.74) is 8.08. The van der Waals surface area contributed by atoms with Gasteiger partial charge < -0.3 is 5.73 Å². The summed E-state index contributed by atoms with van der Waals surface area (Å²) in [6.07, 6.45) is 0. The Morgan fingerprint density at radius 1 is 1.37 bits per heavy atom. The second-order valence-corrected chi connectivity index (χ2v) is 4.33. The number of benzene rings is 1. The third-order valence-corrected chi connectivity index (χ3v) is 2.61. The van der Waals surface area contributed by atoms with Gasteiger partial charge in [0.25, 0.3) is 0 Å². The van der Waals surface area contributed by atoms with Gasteiger partial charge in [-0.1, -0.05) is 17.4 Å². The fourth-order valence-corrected chi connectivity index (χ4v) is 1.81. The minimum atomic E-state index is -0.913. The maximum absolute atomic E-state index is 13.3. The van der Waals surface area contributed by atoms with E-state index in [4.69, 9.17) is 5.73 Å². The quantitative estimate of drug-likeness (QED) is 0.862. The van der Waals surface area contributed by atoms with Crippen molar-refractivity contribution in [2.45, 2.75) is 20.0 Å². The Morgan fingerprint density at radius 2 is 2.11 bits per heavy atom. The molecule has 0 radical (unpaired) electrons. The standard InChI is InChI=1S/C13H14F2N4/c1-8(2)7-19-13(12(6-16)17-18-19)9-3-4-10(14)11(15)5-9/h3-5H,1,6-7,16H2,2H3. The number of halogens is 2. The molecule has 1 aromatic carbocycles. The van der Waals surface area contributed by atoms with Crippen molar-refractivity contribution in [2.75, 3.05) is 0 Å². The molecule has 1 aromatic heterocycles. The van der Waals surface area contributed by atoms with Crippen LogP contribution in [0.25, 0.3) is 11.3 Å². The first-order chi connectivity index (χ1) is 9.02. The van der Waals surface area contributed by atoms with Gasteiger partial charge in [-0.2, -0.15) is 0 Å². The topological polar surface area (TPSA) is 56.7 Å². The maximum atomic E-state index is 13.3. The average molecular weight is 264 g/mol. The summed E-state index contributed by atoms with van der Waals surface area (Å²) in [5, 5.41) is 7.91. The summed E-state index contributed by atoms with van der Waals surface area (Å²) in [6.45, 7) is 6.26. The van der Waals surface area contributed by atoms with Crippen molar-refractivity contribution in [2.24, 2.45) is 5.73 Å². The van der Waals surface area contributed by atoms with Gasteiger partial charge >= 0.3 is 0 Å². The van der Waals surface area contributed by atoms with Crippen molar-refractivity contribution >= 4 is 0 Å². The van der Waals surface area contributed by atoms with E-state index >= 15 is 0 Å². The molecule has 0 aliphatic rings. The fourth-order valence-electron chi connectivity index (χ4n) is 1.81. The van der Waals surface area contributed by atoms with E-state index in [-0.39, 0.29) is 6.54 Å². The van der Waals surface area contributed by atoms with E-state index in [9.17, 15) is 8.78 Å². The van der Waals surface area contributed by atoms with Crippen molar-refractivity contribution in [3.05, 3.63) is 47.7 Å². The van der Waals surface area contributed by atoms with E-state index in [0.717, 1.165) is 17.7 Å². The first kappa shape index (κ1) is 13.4. The number of hydrogen-bond donors (Lipinski definition) is 1. The van der Waals surface area contributed by atoms with Crippen molar-refractivity contribution in [1.29, 1.82) is 0 Å². The molecule has 4 nitrogen and oxygen atoms in total. The summed E-state index contributed by atoms with van der Waals surface area (Å²) < 4.78 is 27.9. The highest BCUT2D eigenvalue weighted by Crippen LogP contribution is 2.24. The molecule has 0 amide bonds. The molecular formula is C13H14F2N4. The highest BCUT2D eigenvalue weighted by Gasteiger charge is 2.15. The number of aromatic nitrogens is 3. The molecule has 0 bridgehead atoms. The Hall–Kier alpha value is -2.08. The molecule has 1 heterocycles. The van der Waals surface area contributed by atoms with Gasteiger partial charge in [0, 0.05) is 12.1 Å². The lowest BCUT2D eigenvalue weighted by atomic mass is 10.1. The fraction of sp³-hybridized carbons (Fsp3) is 0.231.